The van der Waals surface area contributed by atoms with E-state index in [1.54, 1.807) is 24.3 Å². The summed E-state index contributed by atoms with van der Waals surface area (Å²) >= 11 is 0. The molecule has 1 aromatic rings. The van der Waals surface area contributed by atoms with E-state index in [0.29, 0.717) is 11.3 Å². The molecule has 0 aromatic heterocycles. The third kappa shape index (κ3) is 3.36. The Morgan fingerprint density at radius 2 is 2.23 bits per heavy atom. The van der Waals surface area contributed by atoms with E-state index < -0.39 is 23.8 Å². The van der Waals surface area contributed by atoms with Crippen molar-refractivity contribution in [2.75, 3.05) is 13.7 Å². The van der Waals surface area contributed by atoms with Crippen LogP contribution in [0.3, 0.4) is 0 Å². The first-order chi connectivity index (χ1) is 10.4. The molecule has 1 aliphatic rings. The number of carbonyl (C=O) groups is 3. The molecule has 1 aromatic carbocycles. The molecule has 0 aliphatic carbocycles. The summed E-state index contributed by atoms with van der Waals surface area (Å²) in [6, 6.07) is 6.25. The second kappa shape index (κ2) is 6.46. The van der Waals surface area contributed by atoms with Gasteiger partial charge in [-0.15, -0.1) is 0 Å². The third-order valence-electron chi connectivity index (χ3n) is 3.78. The van der Waals surface area contributed by atoms with Crippen LogP contribution in [0.15, 0.2) is 24.3 Å². The van der Waals surface area contributed by atoms with Gasteiger partial charge in [0.25, 0.3) is 0 Å². The number of amides is 2. The Morgan fingerprint density at radius 1 is 1.50 bits per heavy atom. The zero-order valence-corrected chi connectivity index (χ0v) is 12.2. The number of methoxy groups -OCH3 is 1. The molecular weight excluding hydrogens is 288 g/mol. The monoisotopic (exact) mass is 306 g/mol. The van der Waals surface area contributed by atoms with Crippen LogP contribution in [0.1, 0.15) is 24.4 Å². The van der Waals surface area contributed by atoms with Crippen molar-refractivity contribution in [3.05, 3.63) is 29.8 Å². The molecule has 7 heteroatoms. The minimum absolute atomic E-state index is 0.0232. The van der Waals surface area contributed by atoms with Gasteiger partial charge in [0.1, 0.15) is 5.75 Å². The molecule has 1 aliphatic heterocycles. The molecular formula is C15H18N2O5. The van der Waals surface area contributed by atoms with E-state index in [0.717, 1.165) is 0 Å². The van der Waals surface area contributed by atoms with Crippen LogP contribution < -0.4 is 10.5 Å². The van der Waals surface area contributed by atoms with Crippen molar-refractivity contribution in [1.29, 1.82) is 0 Å². The van der Waals surface area contributed by atoms with Gasteiger partial charge in [0.2, 0.25) is 11.8 Å². The van der Waals surface area contributed by atoms with Gasteiger partial charge in [-0.25, -0.2) is 0 Å². The maximum absolute atomic E-state index is 12.1. The van der Waals surface area contributed by atoms with Crippen LogP contribution in [0.4, 0.5) is 0 Å². The Morgan fingerprint density at radius 3 is 2.77 bits per heavy atom. The van der Waals surface area contributed by atoms with Gasteiger partial charge in [-0.05, 0) is 17.7 Å². The Labute approximate surface area is 127 Å². The molecule has 2 amide bonds. The number of hydrogen-bond donors (Lipinski definition) is 2. The number of carbonyl (C=O) groups excluding carboxylic acids is 2. The SMILES string of the molecule is COc1cccc(C(CC(=O)O)N2CC(C(N)=O)CC2=O)c1. The molecule has 1 fully saturated rings. The minimum atomic E-state index is -1.02. The summed E-state index contributed by atoms with van der Waals surface area (Å²) in [6.45, 7) is 0.142. The fourth-order valence-electron chi connectivity index (χ4n) is 2.65. The van der Waals surface area contributed by atoms with E-state index in [1.807, 2.05) is 0 Å². The van der Waals surface area contributed by atoms with Crippen LogP contribution in [-0.2, 0) is 14.4 Å². The van der Waals surface area contributed by atoms with E-state index in [1.165, 1.54) is 12.0 Å². The first kappa shape index (κ1) is 15.8. The first-order valence-electron chi connectivity index (χ1n) is 6.87. The second-order valence-corrected chi connectivity index (χ2v) is 5.24. The minimum Gasteiger partial charge on any atom is -0.497 e. The van der Waals surface area contributed by atoms with Crippen molar-refractivity contribution in [2.45, 2.75) is 18.9 Å². The Kier molecular flexibility index (Phi) is 4.65. The molecule has 3 N–H and O–H groups in total. The summed E-state index contributed by atoms with van der Waals surface area (Å²) in [7, 11) is 1.51. The van der Waals surface area contributed by atoms with E-state index in [-0.39, 0.29) is 25.3 Å². The lowest BCUT2D eigenvalue weighted by molar-refractivity contribution is -0.139. The van der Waals surface area contributed by atoms with Gasteiger partial charge in [-0.2, -0.15) is 0 Å². The van der Waals surface area contributed by atoms with Gasteiger partial charge in [0.05, 0.1) is 25.5 Å². The molecule has 118 valence electrons. The van der Waals surface area contributed by atoms with Crippen LogP contribution >= 0.6 is 0 Å². The predicted octanol–water partition coefficient (Wildman–Crippen LogP) is 0.545. The van der Waals surface area contributed by atoms with Gasteiger partial charge in [0.15, 0.2) is 0 Å². The van der Waals surface area contributed by atoms with Gasteiger partial charge < -0.3 is 20.5 Å². The number of primary amides is 1. The largest absolute Gasteiger partial charge is 0.497 e. The highest BCUT2D eigenvalue weighted by atomic mass is 16.5. The number of rotatable bonds is 6. The van der Waals surface area contributed by atoms with Gasteiger partial charge in [0, 0.05) is 13.0 Å². The predicted molar refractivity (Wildman–Crippen MR) is 77.0 cm³/mol. The zero-order valence-electron chi connectivity index (χ0n) is 12.2. The van der Waals surface area contributed by atoms with Crippen LogP contribution in [0, 0.1) is 5.92 Å². The molecule has 7 nitrogen and oxygen atoms in total. The van der Waals surface area contributed by atoms with Crippen LogP contribution in [0.25, 0.3) is 0 Å². The van der Waals surface area contributed by atoms with Crippen molar-refractivity contribution in [3.63, 3.8) is 0 Å². The van der Waals surface area contributed by atoms with Crippen molar-refractivity contribution in [1.82, 2.24) is 4.90 Å². The number of likely N-dealkylation sites (tertiary alicyclic amines) is 1. The molecule has 2 rings (SSSR count). The number of hydrogen-bond acceptors (Lipinski definition) is 4. The lowest BCUT2D eigenvalue weighted by Gasteiger charge is -2.27. The molecule has 0 spiro atoms. The van der Waals surface area contributed by atoms with Crippen molar-refractivity contribution in [2.24, 2.45) is 11.7 Å². The van der Waals surface area contributed by atoms with E-state index >= 15 is 0 Å². The summed E-state index contributed by atoms with van der Waals surface area (Å²) < 4.78 is 5.13. The van der Waals surface area contributed by atoms with Gasteiger partial charge >= 0.3 is 5.97 Å². The van der Waals surface area contributed by atoms with Crippen LogP contribution in [0.5, 0.6) is 5.75 Å². The number of ether oxygens (including phenoxy) is 1. The first-order valence-corrected chi connectivity index (χ1v) is 6.87. The number of benzene rings is 1. The molecule has 0 bridgehead atoms. The highest BCUT2D eigenvalue weighted by molar-refractivity contribution is 5.89. The normalized spacial score (nSPS) is 19.0. The maximum atomic E-state index is 12.1. The summed E-state index contributed by atoms with van der Waals surface area (Å²) in [5.74, 6) is -1.84. The fraction of sp³-hybridized carbons (Fsp3) is 0.400. The molecule has 0 radical (unpaired) electrons. The number of carboxylic acid groups (broad SMARTS) is 1. The lowest BCUT2D eigenvalue weighted by atomic mass is 10.0. The Balaban J connectivity index is 2.31. The Bertz CT molecular complexity index is 601. The number of nitrogens with zero attached hydrogens (tertiary/aromatic N) is 1. The van der Waals surface area contributed by atoms with Crippen LogP contribution in [-0.4, -0.2) is 41.4 Å². The average molecular weight is 306 g/mol. The van der Waals surface area contributed by atoms with Crippen LogP contribution in [0.2, 0.25) is 0 Å². The average Bonchev–Trinajstić information content (AvgIpc) is 2.86. The molecule has 2 atom stereocenters. The molecule has 1 saturated heterocycles. The molecule has 1 heterocycles. The van der Waals surface area contributed by atoms with Crippen molar-refractivity contribution < 1.29 is 24.2 Å². The van der Waals surface area contributed by atoms with E-state index in [2.05, 4.69) is 0 Å². The quantitative estimate of drug-likeness (QED) is 0.797. The highest BCUT2D eigenvalue weighted by Gasteiger charge is 2.38. The smallest absolute Gasteiger partial charge is 0.305 e. The zero-order chi connectivity index (χ0) is 16.3. The topological polar surface area (TPSA) is 110 Å². The number of nitrogens with two attached hydrogens (primary N) is 1. The Hall–Kier alpha value is -2.57. The summed E-state index contributed by atoms with van der Waals surface area (Å²) in [5.41, 5.74) is 5.91. The lowest BCUT2D eigenvalue weighted by Crippen LogP contribution is -2.33. The van der Waals surface area contributed by atoms with Crippen molar-refractivity contribution >= 4 is 17.8 Å². The fourth-order valence-corrected chi connectivity index (χ4v) is 2.65. The molecule has 0 saturated carbocycles. The second-order valence-electron chi connectivity index (χ2n) is 5.24. The van der Waals surface area contributed by atoms with Gasteiger partial charge in [-0.1, -0.05) is 12.1 Å². The van der Waals surface area contributed by atoms with Gasteiger partial charge in [-0.3, -0.25) is 14.4 Å². The molecule has 22 heavy (non-hydrogen) atoms. The van der Waals surface area contributed by atoms with E-state index in [4.69, 9.17) is 15.6 Å². The van der Waals surface area contributed by atoms with Crippen molar-refractivity contribution in [3.8, 4) is 5.75 Å². The summed E-state index contributed by atoms with van der Waals surface area (Å²) in [4.78, 5) is 36.0. The molecule has 2 unspecified atom stereocenters. The highest BCUT2D eigenvalue weighted by Crippen LogP contribution is 2.32. The summed E-state index contributed by atoms with van der Waals surface area (Å²) in [5, 5.41) is 9.13. The van der Waals surface area contributed by atoms with E-state index in [9.17, 15) is 14.4 Å². The summed E-state index contributed by atoms with van der Waals surface area (Å²) in [6.07, 6.45) is -0.222. The third-order valence-corrected chi connectivity index (χ3v) is 3.78. The number of carboxylic acids is 1. The number of aliphatic carboxylic acids is 1. The standard InChI is InChI=1S/C15H18N2O5/c1-22-11-4-2-3-9(5-11)12(7-14(19)20)17-8-10(15(16)21)6-13(17)18/h2-5,10,12H,6-8H2,1H3,(H2,16,21)(H,19,20). The maximum Gasteiger partial charge on any atom is 0.305 e.